The predicted molar refractivity (Wildman–Crippen MR) is 66.3 cm³/mol. The van der Waals surface area contributed by atoms with Gasteiger partial charge in [0, 0.05) is 29.9 Å². The van der Waals surface area contributed by atoms with Gasteiger partial charge >= 0.3 is 0 Å². The van der Waals surface area contributed by atoms with Gasteiger partial charge in [-0.15, -0.1) is 0 Å². The molecule has 5 heteroatoms. The molecule has 0 aliphatic heterocycles. The van der Waals surface area contributed by atoms with Crippen LogP contribution in [0.4, 0.5) is 0 Å². The van der Waals surface area contributed by atoms with Gasteiger partial charge in [0.1, 0.15) is 5.75 Å². The van der Waals surface area contributed by atoms with Crippen molar-refractivity contribution in [2.24, 2.45) is 0 Å². The van der Waals surface area contributed by atoms with E-state index in [1.54, 1.807) is 0 Å². The van der Waals surface area contributed by atoms with E-state index in [0.29, 0.717) is 18.3 Å². The Morgan fingerprint density at radius 2 is 1.89 bits per heavy atom. The summed E-state index contributed by atoms with van der Waals surface area (Å²) < 4.78 is 10.7. The molecule has 2 heterocycles. The lowest BCUT2D eigenvalue weighted by Crippen LogP contribution is -1.99. The van der Waals surface area contributed by atoms with Crippen LogP contribution >= 0.6 is 0 Å². The Morgan fingerprint density at radius 1 is 1.17 bits per heavy atom. The smallest absolute Gasteiger partial charge is 0.226 e. The highest BCUT2D eigenvalue weighted by Gasteiger charge is 2.06. The lowest BCUT2D eigenvalue weighted by Gasteiger charge is -2.05. The number of aromatic nitrogens is 3. The van der Waals surface area contributed by atoms with E-state index in [-0.39, 0.29) is 0 Å². The van der Waals surface area contributed by atoms with E-state index in [1.807, 2.05) is 26.0 Å². The number of hydrogen-bond donors (Lipinski definition) is 0. The number of ether oxygens (including phenoxy) is 1. The molecule has 0 amide bonds. The molecule has 0 N–H and O–H groups in total. The Hall–Kier alpha value is -1.91. The molecule has 2 rings (SSSR count). The van der Waals surface area contributed by atoms with Gasteiger partial charge in [-0.05, 0) is 20.3 Å². The van der Waals surface area contributed by atoms with Gasteiger partial charge < -0.3 is 9.26 Å². The Labute approximate surface area is 106 Å². The fourth-order valence-corrected chi connectivity index (χ4v) is 1.69. The lowest BCUT2D eigenvalue weighted by molar-refractivity contribution is 0.284. The van der Waals surface area contributed by atoms with Crippen LogP contribution in [-0.2, 0) is 13.0 Å². The summed E-state index contributed by atoms with van der Waals surface area (Å²) in [6.07, 6.45) is 1.80. The van der Waals surface area contributed by atoms with E-state index in [1.165, 1.54) is 0 Å². The molecular weight excluding hydrogens is 230 g/mol. The number of pyridine rings is 1. The summed E-state index contributed by atoms with van der Waals surface area (Å²) in [4.78, 5) is 8.53. The zero-order chi connectivity index (χ0) is 13.0. The van der Waals surface area contributed by atoms with Crippen LogP contribution in [0, 0.1) is 13.8 Å². The van der Waals surface area contributed by atoms with Crippen LogP contribution in [0.2, 0.25) is 0 Å². The summed E-state index contributed by atoms with van der Waals surface area (Å²) >= 11 is 0. The standard InChI is InChI=1S/C13H17N3O2/c1-4-5-13-15-12(16-18-13)8-17-11-6-9(2)14-10(3)7-11/h6-7H,4-5,8H2,1-3H3. The fourth-order valence-electron chi connectivity index (χ4n) is 1.69. The van der Waals surface area contributed by atoms with Crippen molar-refractivity contribution in [3.63, 3.8) is 0 Å². The summed E-state index contributed by atoms with van der Waals surface area (Å²) in [5, 5.41) is 3.87. The molecule has 0 atom stereocenters. The zero-order valence-corrected chi connectivity index (χ0v) is 10.9. The predicted octanol–water partition coefficient (Wildman–Crippen LogP) is 2.61. The van der Waals surface area contributed by atoms with E-state index in [2.05, 4.69) is 22.0 Å². The van der Waals surface area contributed by atoms with Crippen LogP contribution in [-0.4, -0.2) is 15.1 Å². The quantitative estimate of drug-likeness (QED) is 0.812. The fraction of sp³-hybridized carbons (Fsp3) is 0.462. The first-order valence-corrected chi connectivity index (χ1v) is 6.07. The molecule has 0 aromatic carbocycles. The monoisotopic (exact) mass is 247 g/mol. The van der Waals surface area contributed by atoms with E-state index < -0.39 is 0 Å². The molecule has 0 fully saturated rings. The average molecular weight is 247 g/mol. The molecule has 0 radical (unpaired) electrons. The highest BCUT2D eigenvalue weighted by atomic mass is 16.5. The van der Waals surface area contributed by atoms with Crippen LogP contribution < -0.4 is 4.74 Å². The minimum absolute atomic E-state index is 0.316. The Bertz CT molecular complexity index is 502. The third kappa shape index (κ3) is 3.29. The van der Waals surface area contributed by atoms with Gasteiger partial charge in [-0.3, -0.25) is 4.98 Å². The van der Waals surface area contributed by atoms with Gasteiger partial charge in [0.15, 0.2) is 6.61 Å². The molecule has 96 valence electrons. The first-order chi connectivity index (χ1) is 8.67. The second-order valence-electron chi connectivity index (χ2n) is 4.23. The van der Waals surface area contributed by atoms with Crippen LogP contribution in [0.1, 0.15) is 36.4 Å². The van der Waals surface area contributed by atoms with Crippen LogP contribution in [0.5, 0.6) is 5.75 Å². The summed E-state index contributed by atoms with van der Waals surface area (Å²) in [6, 6.07) is 3.78. The molecule has 0 bridgehead atoms. The average Bonchev–Trinajstić information content (AvgIpc) is 2.74. The molecule has 0 saturated heterocycles. The third-order valence-electron chi connectivity index (χ3n) is 2.40. The lowest BCUT2D eigenvalue weighted by atomic mass is 10.3. The highest BCUT2D eigenvalue weighted by molar-refractivity contribution is 5.26. The van der Waals surface area contributed by atoms with Gasteiger partial charge in [0.05, 0.1) is 0 Å². The van der Waals surface area contributed by atoms with Crippen LogP contribution in [0.25, 0.3) is 0 Å². The first kappa shape index (κ1) is 12.5. The van der Waals surface area contributed by atoms with E-state index >= 15 is 0 Å². The van der Waals surface area contributed by atoms with Gasteiger partial charge in [0.2, 0.25) is 11.7 Å². The zero-order valence-electron chi connectivity index (χ0n) is 10.9. The van der Waals surface area contributed by atoms with Crippen molar-refractivity contribution in [3.8, 4) is 5.75 Å². The van der Waals surface area contributed by atoms with Crippen LogP contribution in [0.3, 0.4) is 0 Å². The van der Waals surface area contributed by atoms with Crippen molar-refractivity contribution in [2.75, 3.05) is 0 Å². The van der Waals surface area contributed by atoms with Crippen molar-refractivity contribution in [1.29, 1.82) is 0 Å². The van der Waals surface area contributed by atoms with Gasteiger partial charge in [-0.25, -0.2) is 0 Å². The molecule has 0 saturated carbocycles. The van der Waals surface area contributed by atoms with Gasteiger partial charge in [0.25, 0.3) is 0 Å². The molecule has 2 aromatic rings. The summed E-state index contributed by atoms with van der Waals surface area (Å²) in [6.45, 7) is 6.26. The molecule has 0 aliphatic rings. The van der Waals surface area contributed by atoms with Crippen molar-refractivity contribution >= 4 is 0 Å². The molecule has 0 aliphatic carbocycles. The topological polar surface area (TPSA) is 61.0 Å². The largest absolute Gasteiger partial charge is 0.485 e. The minimum Gasteiger partial charge on any atom is -0.485 e. The maximum absolute atomic E-state index is 5.62. The van der Waals surface area contributed by atoms with E-state index in [9.17, 15) is 0 Å². The Morgan fingerprint density at radius 3 is 2.56 bits per heavy atom. The first-order valence-electron chi connectivity index (χ1n) is 6.07. The van der Waals surface area contributed by atoms with Crippen molar-refractivity contribution in [1.82, 2.24) is 15.1 Å². The Kier molecular flexibility index (Phi) is 3.92. The number of nitrogens with zero attached hydrogens (tertiary/aromatic N) is 3. The normalized spacial score (nSPS) is 10.6. The SMILES string of the molecule is CCCc1nc(COc2cc(C)nc(C)c2)no1. The Balaban J connectivity index is 1.97. The molecule has 0 unspecified atom stereocenters. The van der Waals surface area contributed by atoms with Crippen molar-refractivity contribution in [3.05, 3.63) is 35.2 Å². The molecule has 2 aromatic heterocycles. The second kappa shape index (κ2) is 5.62. The summed E-state index contributed by atoms with van der Waals surface area (Å²) in [5.74, 6) is 2.02. The molecule has 0 spiro atoms. The number of rotatable bonds is 5. The van der Waals surface area contributed by atoms with Crippen molar-refractivity contribution in [2.45, 2.75) is 40.2 Å². The molecule has 18 heavy (non-hydrogen) atoms. The van der Waals surface area contributed by atoms with Gasteiger partial charge in [-0.1, -0.05) is 12.1 Å². The highest BCUT2D eigenvalue weighted by Crippen LogP contribution is 2.14. The number of aryl methyl sites for hydroxylation is 3. The summed E-state index contributed by atoms with van der Waals surface area (Å²) in [5.41, 5.74) is 1.87. The van der Waals surface area contributed by atoms with E-state index in [4.69, 9.17) is 9.26 Å². The van der Waals surface area contributed by atoms with Crippen molar-refractivity contribution < 1.29 is 9.26 Å². The molecule has 5 nitrogen and oxygen atoms in total. The van der Waals surface area contributed by atoms with Crippen LogP contribution in [0.15, 0.2) is 16.7 Å². The maximum atomic E-state index is 5.62. The minimum atomic E-state index is 0.316. The number of hydrogen-bond acceptors (Lipinski definition) is 5. The molecular formula is C13H17N3O2. The van der Waals surface area contributed by atoms with Gasteiger partial charge in [-0.2, -0.15) is 4.98 Å². The maximum Gasteiger partial charge on any atom is 0.226 e. The third-order valence-corrected chi connectivity index (χ3v) is 2.40. The second-order valence-corrected chi connectivity index (χ2v) is 4.23. The van der Waals surface area contributed by atoms with E-state index in [0.717, 1.165) is 30.0 Å². The summed E-state index contributed by atoms with van der Waals surface area (Å²) in [7, 11) is 0.